The van der Waals surface area contributed by atoms with Crippen molar-refractivity contribution in [2.24, 2.45) is 0 Å². The zero-order chi connectivity index (χ0) is 18.3. The number of amides is 1. The predicted molar refractivity (Wildman–Crippen MR) is 95.7 cm³/mol. The number of ketones is 1. The number of rotatable bonds is 4. The van der Waals surface area contributed by atoms with Crippen molar-refractivity contribution in [2.45, 2.75) is 19.8 Å². The number of nitrogens with one attached hydrogen (secondary N) is 2. The van der Waals surface area contributed by atoms with Crippen molar-refractivity contribution >= 4 is 17.4 Å². The first-order valence-electron chi connectivity index (χ1n) is 8.80. The molecule has 136 valence electrons. The standard InChI is InChI=1S/C18H21N5O3/c1-2-3-12-15-16(21-20-12)10-4-5-11(19)14(13(10)17(15)24)18(25)22-23-6-8-26-9-7-23/h4-5H,2-3,6-9,19H2,1H3,(H,20,21)(H,22,25). The molecule has 1 fully saturated rings. The van der Waals surface area contributed by atoms with Gasteiger partial charge >= 0.3 is 0 Å². The second kappa shape index (κ2) is 6.54. The van der Waals surface area contributed by atoms with Gasteiger partial charge in [-0.25, -0.2) is 5.01 Å². The van der Waals surface area contributed by atoms with Crippen LogP contribution < -0.4 is 11.2 Å². The number of hydrogen-bond acceptors (Lipinski definition) is 6. The second-order valence-corrected chi connectivity index (χ2v) is 6.50. The number of hydrazine groups is 1. The van der Waals surface area contributed by atoms with Crippen molar-refractivity contribution in [1.29, 1.82) is 0 Å². The van der Waals surface area contributed by atoms with Crippen LogP contribution in [0, 0.1) is 0 Å². The van der Waals surface area contributed by atoms with Gasteiger partial charge in [-0.3, -0.25) is 20.1 Å². The van der Waals surface area contributed by atoms with Gasteiger partial charge in [0, 0.05) is 35.6 Å². The molecule has 26 heavy (non-hydrogen) atoms. The average molecular weight is 355 g/mol. The number of ether oxygens (including phenoxy) is 1. The molecule has 0 bridgehead atoms. The van der Waals surface area contributed by atoms with E-state index in [2.05, 4.69) is 15.6 Å². The van der Waals surface area contributed by atoms with E-state index in [1.807, 2.05) is 6.92 Å². The average Bonchev–Trinajstić information content (AvgIpc) is 3.16. The van der Waals surface area contributed by atoms with Gasteiger partial charge < -0.3 is 10.5 Å². The van der Waals surface area contributed by atoms with E-state index < -0.39 is 0 Å². The summed E-state index contributed by atoms with van der Waals surface area (Å²) in [6, 6.07) is 3.42. The Bertz CT molecular complexity index is 883. The first kappa shape index (κ1) is 16.7. The fourth-order valence-electron chi connectivity index (χ4n) is 3.54. The fourth-order valence-corrected chi connectivity index (χ4v) is 3.54. The fraction of sp³-hybridized carbons (Fsp3) is 0.389. The van der Waals surface area contributed by atoms with Crippen molar-refractivity contribution in [3.05, 3.63) is 34.5 Å². The number of anilines is 1. The number of nitrogen functional groups attached to an aromatic ring is 1. The molecule has 8 nitrogen and oxygen atoms in total. The maximum Gasteiger partial charge on any atom is 0.268 e. The van der Waals surface area contributed by atoms with Gasteiger partial charge in [-0.1, -0.05) is 13.3 Å². The second-order valence-electron chi connectivity index (χ2n) is 6.50. The zero-order valence-electron chi connectivity index (χ0n) is 14.6. The first-order valence-corrected chi connectivity index (χ1v) is 8.80. The third kappa shape index (κ3) is 2.58. The molecule has 0 unspecified atom stereocenters. The van der Waals surface area contributed by atoms with Gasteiger partial charge in [-0.05, 0) is 18.6 Å². The maximum absolute atomic E-state index is 13.1. The number of carbonyl (C=O) groups is 2. The molecule has 4 N–H and O–H groups in total. The summed E-state index contributed by atoms with van der Waals surface area (Å²) in [6.07, 6.45) is 1.62. The summed E-state index contributed by atoms with van der Waals surface area (Å²) >= 11 is 0. The van der Waals surface area contributed by atoms with Gasteiger partial charge in [0.2, 0.25) is 0 Å². The topological polar surface area (TPSA) is 113 Å². The highest BCUT2D eigenvalue weighted by molar-refractivity contribution is 6.26. The lowest BCUT2D eigenvalue weighted by Gasteiger charge is -2.27. The Kier molecular flexibility index (Phi) is 4.21. The SMILES string of the molecule is CCCc1[nH]nc2c1C(=O)c1c-2ccc(N)c1C(=O)NN1CCOCC1. The molecule has 8 heteroatoms. The molecule has 1 saturated heterocycles. The quantitative estimate of drug-likeness (QED) is 0.605. The zero-order valence-corrected chi connectivity index (χ0v) is 14.6. The number of nitrogens with zero attached hydrogens (tertiary/aromatic N) is 2. The van der Waals surface area contributed by atoms with Crippen LogP contribution in [0.5, 0.6) is 0 Å². The third-order valence-corrected chi connectivity index (χ3v) is 4.79. The van der Waals surface area contributed by atoms with E-state index in [0.717, 1.165) is 18.5 Å². The maximum atomic E-state index is 13.1. The molecule has 4 rings (SSSR count). The molecule has 2 aromatic rings. The van der Waals surface area contributed by atoms with Gasteiger partial charge in [-0.15, -0.1) is 0 Å². The number of H-pyrrole nitrogens is 1. The van der Waals surface area contributed by atoms with E-state index in [9.17, 15) is 9.59 Å². The Balaban J connectivity index is 1.72. The van der Waals surface area contributed by atoms with Crippen LogP contribution in [0.1, 0.15) is 45.3 Å². The summed E-state index contributed by atoms with van der Waals surface area (Å²) in [5, 5.41) is 9.04. The van der Waals surface area contributed by atoms with E-state index in [1.165, 1.54) is 0 Å². The molecule has 2 heterocycles. The molecular formula is C18H21N5O3. The Morgan fingerprint density at radius 2 is 2.12 bits per heavy atom. The van der Waals surface area contributed by atoms with Gasteiger partial charge in [0.1, 0.15) is 5.69 Å². The smallest absolute Gasteiger partial charge is 0.268 e. The van der Waals surface area contributed by atoms with Crippen LogP contribution >= 0.6 is 0 Å². The first-order chi connectivity index (χ1) is 12.6. The number of aromatic nitrogens is 2. The van der Waals surface area contributed by atoms with E-state index in [-0.39, 0.29) is 22.9 Å². The van der Waals surface area contributed by atoms with E-state index in [4.69, 9.17) is 10.5 Å². The van der Waals surface area contributed by atoms with Gasteiger partial charge in [0.15, 0.2) is 5.78 Å². The minimum Gasteiger partial charge on any atom is -0.398 e. The molecule has 1 aliphatic carbocycles. The number of fused-ring (bicyclic) bond motifs is 3. The summed E-state index contributed by atoms with van der Waals surface area (Å²) in [5.41, 5.74) is 12.4. The van der Waals surface area contributed by atoms with Crippen molar-refractivity contribution < 1.29 is 14.3 Å². The minimum absolute atomic E-state index is 0.188. The number of aryl methyl sites for hydroxylation is 1. The van der Waals surface area contributed by atoms with Crippen LogP contribution in [-0.4, -0.2) is 53.2 Å². The number of carbonyl (C=O) groups excluding carboxylic acids is 2. The Labute approximate surface area is 150 Å². The monoisotopic (exact) mass is 355 g/mol. The van der Waals surface area contributed by atoms with E-state index >= 15 is 0 Å². The molecule has 0 saturated carbocycles. The number of hydrogen-bond donors (Lipinski definition) is 3. The van der Waals surface area contributed by atoms with Crippen molar-refractivity contribution in [3.8, 4) is 11.3 Å². The van der Waals surface area contributed by atoms with Gasteiger partial charge in [0.05, 0.1) is 24.3 Å². The largest absolute Gasteiger partial charge is 0.398 e. The van der Waals surface area contributed by atoms with Crippen LogP contribution in [0.4, 0.5) is 5.69 Å². The van der Waals surface area contributed by atoms with Crippen molar-refractivity contribution in [1.82, 2.24) is 20.6 Å². The summed E-state index contributed by atoms with van der Waals surface area (Å²) in [4.78, 5) is 26.0. The number of aromatic amines is 1. The van der Waals surface area contributed by atoms with Crippen molar-refractivity contribution in [2.75, 3.05) is 32.0 Å². The Hall–Kier alpha value is -2.71. The van der Waals surface area contributed by atoms with Gasteiger partial charge in [0.25, 0.3) is 5.91 Å². The van der Waals surface area contributed by atoms with Crippen LogP contribution in [0.3, 0.4) is 0 Å². The van der Waals surface area contributed by atoms with Crippen LogP contribution in [-0.2, 0) is 11.2 Å². The van der Waals surface area contributed by atoms with Crippen molar-refractivity contribution in [3.63, 3.8) is 0 Å². The highest BCUT2D eigenvalue weighted by Gasteiger charge is 2.37. The molecule has 0 radical (unpaired) electrons. The molecule has 0 spiro atoms. The molecule has 1 aromatic carbocycles. The molecule has 0 atom stereocenters. The highest BCUT2D eigenvalue weighted by Crippen LogP contribution is 2.40. The predicted octanol–water partition coefficient (Wildman–Crippen LogP) is 1.13. The molecule has 1 aromatic heterocycles. The lowest BCUT2D eigenvalue weighted by Crippen LogP contribution is -2.48. The van der Waals surface area contributed by atoms with Crippen LogP contribution in [0.2, 0.25) is 0 Å². The van der Waals surface area contributed by atoms with Crippen LogP contribution in [0.25, 0.3) is 11.3 Å². The molecule has 1 amide bonds. The van der Waals surface area contributed by atoms with E-state index in [1.54, 1.807) is 17.1 Å². The molecule has 1 aliphatic heterocycles. The summed E-state index contributed by atoms with van der Waals surface area (Å²) < 4.78 is 5.29. The number of morpholine rings is 1. The lowest BCUT2D eigenvalue weighted by atomic mass is 9.98. The molecule has 2 aliphatic rings. The number of nitrogens with two attached hydrogens (primary N) is 1. The summed E-state index contributed by atoms with van der Waals surface area (Å²) in [6.45, 7) is 4.34. The molecular weight excluding hydrogens is 334 g/mol. The van der Waals surface area contributed by atoms with Gasteiger partial charge in [-0.2, -0.15) is 5.10 Å². The Morgan fingerprint density at radius 1 is 1.35 bits per heavy atom. The summed E-state index contributed by atoms with van der Waals surface area (Å²) in [7, 11) is 0. The highest BCUT2D eigenvalue weighted by atomic mass is 16.5. The Morgan fingerprint density at radius 3 is 2.85 bits per heavy atom. The van der Waals surface area contributed by atoms with E-state index in [0.29, 0.717) is 48.7 Å². The summed E-state index contributed by atoms with van der Waals surface area (Å²) in [5.74, 6) is -0.563. The minimum atomic E-state index is -0.374. The third-order valence-electron chi connectivity index (χ3n) is 4.79. The lowest BCUT2D eigenvalue weighted by molar-refractivity contribution is 0.0126. The van der Waals surface area contributed by atoms with Crippen LogP contribution in [0.15, 0.2) is 12.1 Å². The normalized spacial score (nSPS) is 16.4. The number of benzene rings is 1.